The fourth-order valence-electron chi connectivity index (χ4n) is 3.49. The van der Waals surface area contributed by atoms with E-state index in [9.17, 15) is 9.59 Å². The number of nitrogens with zero attached hydrogens (tertiary/aromatic N) is 1. The van der Waals surface area contributed by atoms with Crippen LogP contribution in [-0.4, -0.2) is 49.1 Å². The number of carbonyl (C=O) groups is 2. The second-order valence-electron chi connectivity index (χ2n) is 7.98. The number of hydrogen-bond donors (Lipinski definition) is 1. The molecule has 6 heteroatoms. The smallest absolute Gasteiger partial charge is 0.260 e. The third-order valence-corrected chi connectivity index (χ3v) is 5.38. The van der Waals surface area contributed by atoms with Crippen molar-refractivity contribution in [1.82, 2.24) is 10.2 Å². The minimum Gasteiger partial charge on any atom is -0.484 e. The number of ether oxygens (including phenoxy) is 2. The number of rotatable bonds is 7. The van der Waals surface area contributed by atoms with Gasteiger partial charge in [-0.3, -0.25) is 9.59 Å². The molecule has 2 amide bonds. The summed E-state index contributed by atoms with van der Waals surface area (Å²) in [5.41, 5.74) is 2.29. The van der Waals surface area contributed by atoms with Gasteiger partial charge in [-0.1, -0.05) is 42.3 Å². The van der Waals surface area contributed by atoms with Crippen LogP contribution >= 0.6 is 0 Å². The van der Waals surface area contributed by atoms with Crippen molar-refractivity contribution < 1.29 is 19.1 Å². The molecule has 1 aliphatic rings. The van der Waals surface area contributed by atoms with E-state index in [0.29, 0.717) is 31.0 Å². The van der Waals surface area contributed by atoms with Gasteiger partial charge < -0.3 is 19.7 Å². The van der Waals surface area contributed by atoms with Gasteiger partial charge in [-0.2, -0.15) is 0 Å². The van der Waals surface area contributed by atoms with Crippen molar-refractivity contribution >= 4 is 11.8 Å². The Morgan fingerprint density at radius 3 is 2.00 bits per heavy atom. The van der Waals surface area contributed by atoms with Crippen LogP contribution in [0.3, 0.4) is 0 Å². The summed E-state index contributed by atoms with van der Waals surface area (Å²) in [4.78, 5) is 26.6. The number of nitrogens with one attached hydrogen (secondary N) is 1. The van der Waals surface area contributed by atoms with E-state index in [-0.39, 0.29) is 37.0 Å². The molecule has 1 N–H and O–H groups in total. The highest BCUT2D eigenvalue weighted by Gasteiger charge is 2.29. The predicted octanol–water partition coefficient (Wildman–Crippen LogP) is 3.11. The van der Waals surface area contributed by atoms with Crippen LogP contribution in [-0.2, 0) is 9.59 Å². The highest BCUT2D eigenvalue weighted by Crippen LogP contribution is 2.18. The molecule has 1 fully saturated rings. The molecule has 1 aliphatic heterocycles. The summed E-state index contributed by atoms with van der Waals surface area (Å²) in [6.07, 6.45) is 0.716. The lowest BCUT2D eigenvalue weighted by Gasteiger charge is -2.37. The fourth-order valence-corrected chi connectivity index (χ4v) is 3.49. The molecule has 0 aromatic heterocycles. The molecule has 0 radical (unpaired) electrons. The van der Waals surface area contributed by atoms with Crippen molar-refractivity contribution in [2.75, 3.05) is 26.3 Å². The molecule has 1 heterocycles. The second-order valence-corrected chi connectivity index (χ2v) is 7.98. The van der Waals surface area contributed by atoms with Crippen molar-refractivity contribution in [3.8, 4) is 11.5 Å². The monoisotopic (exact) mass is 410 g/mol. The van der Waals surface area contributed by atoms with Gasteiger partial charge in [-0.15, -0.1) is 0 Å². The van der Waals surface area contributed by atoms with Crippen molar-refractivity contribution in [2.24, 2.45) is 5.92 Å². The molecule has 2 aromatic carbocycles. The van der Waals surface area contributed by atoms with Gasteiger partial charge in [0, 0.05) is 19.1 Å². The second kappa shape index (κ2) is 10.1. The topological polar surface area (TPSA) is 67.9 Å². The lowest BCUT2D eigenvalue weighted by Crippen LogP contribution is -2.53. The first-order valence-corrected chi connectivity index (χ1v) is 10.4. The molecule has 6 nitrogen and oxygen atoms in total. The number of carbonyl (C=O) groups excluding carboxylic acids is 2. The Kier molecular flexibility index (Phi) is 7.33. The van der Waals surface area contributed by atoms with E-state index in [4.69, 9.17) is 9.47 Å². The quantitative estimate of drug-likeness (QED) is 0.762. The van der Waals surface area contributed by atoms with Gasteiger partial charge in [-0.05, 0) is 50.5 Å². The SMILES string of the molecule is Cc1ccc(OCC(=O)NC2CCN(C(=O)COc3ccc(C)cc3)CC2C)cc1. The lowest BCUT2D eigenvalue weighted by molar-refractivity contribution is -0.135. The van der Waals surface area contributed by atoms with Crippen LogP contribution in [0.15, 0.2) is 48.5 Å². The van der Waals surface area contributed by atoms with Crippen molar-refractivity contribution in [2.45, 2.75) is 33.2 Å². The Balaban J connectivity index is 1.40. The van der Waals surface area contributed by atoms with Gasteiger partial charge in [0.05, 0.1) is 0 Å². The average Bonchev–Trinajstić information content (AvgIpc) is 2.74. The molecule has 1 saturated heterocycles. The van der Waals surface area contributed by atoms with Crippen LogP contribution in [0, 0.1) is 19.8 Å². The molecule has 0 spiro atoms. The Bertz CT molecular complexity index is 849. The largest absolute Gasteiger partial charge is 0.484 e. The molecule has 2 unspecified atom stereocenters. The number of amides is 2. The van der Waals surface area contributed by atoms with E-state index >= 15 is 0 Å². The van der Waals surface area contributed by atoms with Crippen molar-refractivity contribution in [3.63, 3.8) is 0 Å². The molecule has 0 aliphatic carbocycles. The van der Waals surface area contributed by atoms with Crippen molar-refractivity contribution in [3.05, 3.63) is 59.7 Å². The molecule has 2 atom stereocenters. The summed E-state index contributed by atoms with van der Waals surface area (Å²) in [5.74, 6) is 1.35. The van der Waals surface area contributed by atoms with Gasteiger partial charge in [-0.25, -0.2) is 0 Å². The van der Waals surface area contributed by atoms with Crippen LogP contribution in [0.4, 0.5) is 0 Å². The number of piperidine rings is 1. The molecule has 2 aromatic rings. The van der Waals surface area contributed by atoms with Gasteiger partial charge in [0.15, 0.2) is 13.2 Å². The van der Waals surface area contributed by atoms with Gasteiger partial charge >= 0.3 is 0 Å². The van der Waals surface area contributed by atoms with Crippen LogP contribution in [0.2, 0.25) is 0 Å². The maximum Gasteiger partial charge on any atom is 0.260 e. The van der Waals surface area contributed by atoms with E-state index in [1.165, 1.54) is 0 Å². The van der Waals surface area contributed by atoms with Crippen LogP contribution < -0.4 is 14.8 Å². The van der Waals surface area contributed by atoms with Gasteiger partial charge in [0.2, 0.25) is 0 Å². The van der Waals surface area contributed by atoms with Gasteiger partial charge in [0.1, 0.15) is 11.5 Å². The number of benzene rings is 2. The Morgan fingerprint density at radius 2 is 1.47 bits per heavy atom. The highest BCUT2D eigenvalue weighted by molar-refractivity contribution is 5.79. The predicted molar refractivity (Wildman–Crippen MR) is 116 cm³/mol. The number of likely N-dealkylation sites (tertiary alicyclic amines) is 1. The Hall–Kier alpha value is -3.02. The standard InChI is InChI=1S/C24H30N2O4/c1-17-4-8-20(9-5-17)29-15-23(27)25-22-12-13-26(14-19(22)3)24(28)16-30-21-10-6-18(2)7-11-21/h4-11,19,22H,12-16H2,1-3H3,(H,25,27). The summed E-state index contributed by atoms with van der Waals surface area (Å²) in [6, 6.07) is 15.3. The van der Waals surface area contributed by atoms with E-state index in [1.54, 1.807) is 0 Å². The molecular formula is C24H30N2O4. The van der Waals surface area contributed by atoms with E-state index in [2.05, 4.69) is 5.32 Å². The average molecular weight is 411 g/mol. The minimum absolute atomic E-state index is 0.0146. The maximum atomic E-state index is 12.5. The van der Waals surface area contributed by atoms with Crippen molar-refractivity contribution in [1.29, 1.82) is 0 Å². The summed E-state index contributed by atoms with van der Waals surface area (Å²) in [6.45, 7) is 7.27. The third-order valence-electron chi connectivity index (χ3n) is 5.38. The third kappa shape index (κ3) is 6.24. The zero-order chi connectivity index (χ0) is 21.5. The highest BCUT2D eigenvalue weighted by atomic mass is 16.5. The molecule has 160 valence electrons. The Labute approximate surface area is 178 Å². The zero-order valence-electron chi connectivity index (χ0n) is 17.9. The Morgan fingerprint density at radius 1 is 0.933 bits per heavy atom. The first kappa shape index (κ1) is 21.7. The lowest BCUT2D eigenvalue weighted by atomic mass is 9.93. The molecule has 0 saturated carbocycles. The summed E-state index contributed by atoms with van der Waals surface area (Å²) >= 11 is 0. The summed E-state index contributed by atoms with van der Waals surface area (Å²) < 4.78 is 11.2. The zero-order valence-corrected chi connectivity index (χ0v) is 17.9. The number of hydrogen-bond acceptors (Lipinski definition) is 4. The molecule has 3 rings (SSSR count). The summed E-state index contributed by atoms with van der Waals surface area (Å²) in [7, 11) is 0. The van der Waals surface area contributed by atoms with E-state index in [0.717, 1.165) is 11.1 Å². The first-order valence-electron chi connectivity index (χ1n) is 10.4. The summed E-state index contributed by atoms with van der Waals surface area (Å²) in [5, 5.41) is 3.04. The molecular weight excluding hydrogens is 380 g/mol. The van der Waals surface area contributed by atoms with Gasteiger partial charge in [0.25, 0.3) is 11.8 Å². The fraction of sp³-hybridized carbons (Fsp3) is 0.417. The molecule has 0 bridgehead atoms. The molecule has 30 heavy (non-hydrogen) atoms. The van der Waals surface area contributed by atoms with E-state index in [1.807, 2.05) is 74.2 Å². The minimum atomic E-state index is -0.144. The van der Waals surface area contributed by atoms with Crippen LogP contribution in [0.1, 0.15) is 24.5 Å². The normalized spacial score (nSPS) is 18.6. The first-order chi connectivity index (χ1) is 14.4. The van der Waals surface area contributed by atoms with Crippen LogP contribution in [0.25, 0.3) is 0 Å². The van der Waals surface area contributed by atoms with Crippen LogP contribution in [0.5, 0.6) is 11.5 Å². The maximum absolute atomic E-state index is 12.5. The number of aryl methyl sites for hydroxylation is 2. The van der Waals surface area contributed by atoms with E-state index < -0.39 is 0 Å².